The highest BCUT2D eigenvalue weighted by molar-refractivity contribution is 5.70. The van der Waals surface area contributed by atoms with Gasteiger partial charge in [0, 0.05) is 19.8 Å². The van der Waals surface area contributed by atoms with E-state index in [9.17, 15) is 4.79 Å². The van der Waals surface area contributed by atoms with E-state index >= 15 is 0 Å². The number of carbonyl (C=O) groups is 1. The van der Waals surface area contributed by atoms with Crippen LogP contribution in [-0.2, 0) is 11.2 Å². The Morgan fingerprint density at radius 2 is 2.12 bits per heavy atom. The Kier molecular flexibility index (Phi) is 4.37. The highest BCUT2D eigenvalue weighted by Gasteiger charge is 2.15. The molecular weight excluding hydrogens is 218 g/mol. The summed E-state index contributed by atoms with van der Waals surface area (Å²) in [6.07, 6.45) is 0.472. The number of ether oxygens (including phenoxy) is 1. The van der Waals surface area contributed by atoms with Gasteiger partial charge in [0.15, 0.2) is 0 Å². The fourth-order valence-electron chi connectivity index (χ4n) is 1.62. The van der Waals surface area contributed by atoms with E-state index in [0.29, 0.717) is 6.42 Å². The van der Waals surface area contributed by atoms with E-state index in [1.54, 1.807) is 14.0 Å². The van der Waals surface area contributed by atoms with E-state index in [1.807, 2.05) is 37.2 Å². The summed E-state index contributed by atoms with van der Waals surface area (Å²) >= 11 is 0. The first-order valence-corrected chi connectivity index (χ1v) is 5.52. The molecule has 1 unspecified atom stereocenters. The number of carboxylic acids is 1. The zero-order valence-corrected chi connectivity index (χ0v) is 10.7. The van der Waals surface area contributed by atoms with E-state index in [1.165, 1.54) is 0 Å². The van der Waals surface area contributed by atoms with Crippen LogP contribution >= 0.6 is 0 Å². The number of hydrogen-bond acceptors (Lipinski definition) is 3. The molecule has 0 saturated carbocycles. The van der Waals surface area contributed by atoms with Gasteiger partial charge in [0.1, 0.15) is 5.75 Å². The van der Waals surface area contributed by atoms with Crippen LogP contribution in [0.25, 0.3) is 0 Å². The van der Waals surface area contributed by atoms with Crippen LogP contribution < -0.4 is 9.64 Å². The predicted molar refractivity (Wildman–Crippen MR) is 67.8 cm³/mol. The summed E-state index contributed by atoms with van der Waals surface area (Å²) in [5.74, 6) is -0.465. The first-order valence-electron chi connectivity index (χ1n) is 5.52. The van der Waals surface area contributed by atoms with Crippen molar-refractivity contribution in [1.29, 1.82) is 0 Å². The molecule has 1 rings (SSSR count). The number of carboxylic acid groups (broad SMARTS) is 1. The van der Waals surface area contributed by atoms with Crippen LogP contribution in [0.5, 0.6) is 5.75 Å². The molecule has 1 aromatic rings. The number of methoxy groups -OCH3 is 1. The van der Waals surface area contributed by atoms with Crippen LogP contribution in [0.2, 0.25) is 0 Å². The van der Waals surface area contributed by atoms with Crippen molar-refractivity contribution in [3.8, 4) is 5.75 Å². The Balaban J connectivity index is 3.01. The molecule has 0 fully saturated rings. The van der Waals surface area contributed by atoms with Gasteiger partial charge in [-0.2, -0.15) is 0 Å². The molecule has 0 radical (unpaired) electrons. The average molecular weight is 237 g/mol. The van der Waals surface area contributed by atoms with Crippen molar-refractivity contribution in [1.82, 2.24) is 0 Å². The highest BCUT2D eigenvalue weighted by Crippen LogP contribution is 2.26. The number of aliphatic carboxylic acids is 1. The van der Waals surface area contributed by atoms with Gasteiger partial charge < -0.3 is 14.7 Å². The summed E-state index contributed by atoms with van der Waals surface area (Å²) in [5, 5.41) is 8.93. The van der Waals surface area contributed by atoms with Gasteiger partial charge >= 0.3 is 5.97 Å². The van der Waals surface area contributed by atoms with Crippen molar-refractivity contribution in [2.75, 3.05) is 26.1 Å². The summed E-state index contributed by atoms with van der Waals surface area (Å²) in [4.78, 5) is 12.9. The Labute approximate surface area is 102 Å². The van der Waals surface area contributed by atoms with E-state index in [2.05, 4.69) is 0 Å². The normalized spacial score (nSPS) is 12.0. The minimum Gasteiger partial charge on any atom is -0.496 e. The standard InChI is InChI=1S/C13H19NO3/c1-9(13(15)16)7-10-8-11(14(2)3)5-6-12(10)17-4/h5-6,8-9H,7H2,1-4H3,(H,15,16). The lowest BCUT2D eigenvalue weighted by Gasteiger charge is -2.17. The molecule has 1 aromatic carbocycles. The zero-order valence-electron chi connectivity index (χ0n) is 10.7. The highest BCUT2D eigenvalue weighted by atomic mass is 16.5. The van der Waals surface area contributed by atoms with Gasteiger partial charge in [-0.05, 0) is 30.2 Å². The van der Waals surface area contributed by atoms with Crippen molar-refractivity contribution >= 4 is 11.7 Å². The van der Waals surface area contributed by atoms with E-state index in [-0.39, 0.29) is 0 Å². The largest absolute Gasteiger partial charge is 0.496 e. The molecule has 1 atom stereocenters. The second kappa shape index (κ2) is 5.57. The summed E-state index contributed by atoms with van der Waals surface area (Å²) in [5.41, 5.74) is 1.96. The van der Waals surface area contributed by atoms with E-state index in [0.717, 1.165) is 17.0 Å². The maximum Gasteiger partial charge on any atom is 0.306 e. The molecule has 4 heteroatoms. The lowest BCUT2D eigenvalue weighted by Crippen LogP contribution is -2.14. The molecule has 0 aliphatic heterocycles. The molecular formula is C13H19NO3. The first kappa shape index (κ1) is 13.4. The summed E-state index contributed by atoms with van der Waals surface area (Å²) in [6, 6.07) is 5.80. The Morgan fingerprint density at radius 3 is 2.59 bits per heavy atom. The number of rotatable bonds is 5. The fraction of sp³-hybridized carbons (Fsp3) is 0.462. The molecule has 1 N–H and O–H groups in total. The first-order chi connectivity index (χ1) is 7.95. The molecule has 0 aromatic heterocycles. The lowest BCUT2D eigenvalue weighted by atomic mass is 10.00. The van der Waals surface area contributed by atoms with Crippen LogP contribution in [0, 0.1) is 5.92 Å². The number of nitrogens with zero attached hydrogens (tertiary/aromatic N) is 1. The van der Waals surface area contributed by atoms with E-state index in [4.69, 9.17) is 9.84 Å². The molecule has 0 amide bonds. The van der Waals surface area contributed by atoms with Crippen molar-refractivity contribution < 1.29 is 14.6 Å². The summed E-state index contributed by atoms with van der Waals surface area (Å²) in [6.45, 7) is 1.70. The van der Waals surface area contributed by atoms with Gasteiger partial charge in [-0.1, -0.05) is 6.92 Å². The van der Waals surface area contributed by atoms with Crippen LogP contribution in [0.4, 0.5) is 5.69 Å². The third-order valence-electron chi connectivity index (χ3n) is 2.73. The molecule has 0 aliphatic rings. The molecule has 0 aliphatic carbocycles. The smallest absolute Gasteiger partial charge is 0.306 e. The van der Waals surface area contributed by atoms with Gasteiger partial charge in [-0.15, -0.1) is 0 Å². The third kappa shape index (κ3) is 3.37. The Bertz CT molecular complexity index is 402. The van der Waals surface area contributed by atoms with Gasteiger partial charge in [0.25, 0.3) is 0 Å². The Hall–Kier alpha value is -1.71. The Morgan fingerprint density at radius 1 is 1.47 bits per heavy atom. The fourth-order valence-corrected chi connectivity index (χ4v) is 1.62. The predicted octanol–water partition coefficient (Wildman–Crippen LogP) is 2.02. The van der Waals surface area contributed by atoms with Gasteiger partial charge in [-0.3, -0.25) is 4.79 Å². The van der Waals surface area contributed by atoms with Gasteiger partial charge in [0.2, 0.25) is 0 Å². The number of anilines is 1. The summed E-state index contributed by atoms with van der Waals surface area (Å²) in [7, 11) is 5.50. The SMILES string of the molecule is COc1ccc(N(C)C)cc1CC(C)C(=O)O. The molecule has 4 nitrogen and oxygen atoms in total. The topological polar surface area (TPSA) is 49.8 Å². The quantitative estimate of drug-likeness (QED) is 0.851. The molecule has 0 bridgehead atoms. The van der Waals surface area contributed by atoms with Gasteiger partial charge in [-0.25, -0.2) is 0 Å². The maximum absolute atomic E-state index is 10.9. The zero-order chi connectivity index (χ0) is 13.0. The second-order valence-electron chi connectivity index (χ2n) is 4.33. The summed E-state index contributed by atoms with van der Waals surface area (Å²) < 4.78 is 5.25. The second-order valence-corrected chi connectivity index (χ2v) is 4.33. The van der Waals surface area contributed by atoms with E-state index < -0.39 is 11.9 Å². The van der Waals surface area contributed by atoms with Gasteiger partial charge in [0.05, 0.1) is 13.0 Å². The minimum absolute atomic E-state index is 0.415. The average Bonchev–Trinajstić information content (AvgIpc) is 2.28. The van der Waals surface area contributed by atoms with Crippen molar-refractivity contribution in [3.63, 3.8) is 0 Å². The number of benzene rings is 1. The molecule has 17 heavy (non-hydrogen) atoms. The number of hydrogen-bond donors (Lipinski definition) is 1. The molecule has 0 heterocycles. The lowest BCUT2D eigenvalue weighted by molar-refractivity contribution is -0.141. The molecule has 94 valence electrons. The van der Waals surface area contributed by atoms with Crippen molar-refractivity contribution in [3.05, 3.63) is 23.8 Å². The van der Waals surface area contributed by atoms with Crippen LogP contribution in [-0.4, -0.2) is 32.3 Å². The monoisotopic (exact) mass is 237 g/mol. The van der Waals surface area contributed by atoms with Crippen LogP contribution in [0.1, 0.15) is 12.5 Å². The molecule has 0 spiro atoms. The van der Waals surface area contributed by atoms with Crippen molar-refractivity contribution in [2.24, 2.45) is 5.92 Å². The van der Waals surface area contributed by atoms with Crippen molar-refractivity contribution in [2.45, 2.75) is 13.3 Å². The maximum atomic E-state index is 10.9. The van der Waals surface area contributed by atoms with Crippen LogP contribution in [0.3, 0.4) is 0 Å². The van der Waals surface area contributed by atoms with Crippen LogP contribution in [0.15, 0.2) is 18.2 Å². The molecule has 0 saturated heterocycles. The third-order valence-corrected chi connectivity index (χ3v) is 2.73. The minimum atomic E-state index is -0.790.